The van der Waals surface area contributed by atoms with E-state index in [1.807, 2.05) is 13.8 Å². The largest absolute Gasteiger partial charge is 1.00 e. The summed E-state index contributed by atoms with van der Waals surface area (Å²) in [6.07, 6.45) is 0.350. The van der Waals surface area contributed by atoms with Gasteiger partial charge in [0, 0.05) is 5.25 Å². The van der Waals surface area contributed by atoms with Crippen LogP contribution < -0.4 is 40.0 Å². The minimum absolute atomic E-state index is 0. The first-order chi connectivity index (χ1) is 7.48. The molecule has 1 N–H and O–H groups in total. The number of imide groups is 1. The second-order valence-corrected chi connectivity index (χ2v) is 5.22. The number of amides is 3. The summed E-state index contributed by atoms with van der Waals surface area (Å²) >= 11 is 1.52. The van der Waals surface area contributed by atoms with Gasteiger partial charge in [0.1, 0.15) is 0 Å². The summed E-state index contributed by atoms with van der Waals surface area (Å²) in [6, 6.07) is -0.854. The van der Waals surface area contributed by atoms with Crippen molar-refractivity contribution in [2.24, 2.45) is 10.4 Å². The molecule has 0 saturated carbocycles. The fraction of sp³-hybridized carbons (Fsp3) is 0.700. The first kappa shape index (κ1) is 17.0. The predicted octanol–water partition coefficient (Wildman–Crippen LogP) is -2.46. The molecule has 0 aromatic rings. The Hall–Kier alpha value is -0.0400. The fourth-order valence-corrected chi connectivity index (χ4v) is 3.03. The molecule has 0 radical (unpaired) electrons. The average molecular weight is 266 g/mol. The third-order valence-electron chi connectivity index (χ3n) is 2.88. The predicted molar refractivity (Wildman–Crippen MR) is 61.3 cm³/mol. The Kier molecular flexibility index (Phi) is 6.76. The molecule has 0 aliphatic carbocycles. The summed E-state index contributed by atoms with van der Waals surface area (Å²) in [5, 5.41) is 13.7. The summed E-state index contributed by atoms with van der Waals surface area (Å²) in [5.41, 5.74) is -1.19. The number of carbonyl (C=O) groups is 2. The maximum absolute atomic E-state index is 11.9. The normalized spacial score (nSPS) is 25.7. The molecule has 0 saturated heterocycles. The summed E-state index contributed by atoms with van der Waals surface area (Å²) < 4.78 is 0. The van der Waals surface area contributed by atoms with E-state index in [1.54, 1.807) is 6.92 Å². The molecule has 2 unspecified atom stereocenters. The zero-order valence-electron chi connectivity index (χ0n) is 10.6. The Morgan fingerprint density at radius 3 is 2.47 bits per heavy atom. The molecule has 2 atom stereocenters. The van der Waals surface area contributed by atoms with Crippen molar-refractivity contribution in [2.45, 2.75) is 32.4 Å². The van der Waals surface area contributed by atoms with Crippen LogP contribution in [0.4, 0.5) is 4.79 Å². The number of urea groups is 1. The summed E-state index contributed by atoms with van der Waals surface area (Å²) in [6.45, 7) is 5.54. The van der Waals surface area contributed by atoms with Gasteiger partial charge in [-0.25, -0.2) is 9.79 Å². The molecule has 1 aliphatic heterocycles. The Bertz CT molecular complexity index is 348. The first-order valence-electron chi connectivity index (χ1n) is 5.22. The van der Waals surface area contributed by atoms with Gasteiger partial charge in [0.05, 0.1) is 5.41 Å². The zero-order chi connectivity index (χ0) is 12.3. The standard InChI is InChI=1S/C10H16N2O3S.Na/c1-4-10(6(3)16-5-2)7(13)11-9(15)12-8(10)14;/h6H,4-5H2,1-3H3,(H2,11,12,13,14,15);/q;+1/p-1. The van der Waals surface area contributed by atoms with Crippen molar-refractivity contribution >= 4 is 29.6 Å². The molecule has 3 amide bonds. The fourth-order valence-electron chi connectivity index (χ4n) is 1.88. The quantitative estimate of drug-likeness (QED) is 0.572. The van der Waals surface area contributed by atoms with E-state index in [1.165, 1.54) is 11.8 Å². The maximum Gasteiger partial charge on any atom is 1.00 e. The third kappa shape index (κ3) is 3.05. The van der Waals surface area contributed by atoms with Gasteiger partial charge in [0.25, 0.3) is 0 Å². The SMILES string of the molecule is CCSC(C)C1(CC)C(=O)NC(=O)N=C1[O-].[Na+]. The van der Waals surface area contributed by atoms with Gasteiger partial charge in [0.2, 0.25) is 5.91 Å². The Labute approximate surface area is 127 Å². The van der Waals surface area contributed by atoms with Gasteiger partial charge in [-0.3, -0.25) is 10.1 Å². The topological polar surface area (TPSA) is 81.6 Å². The molecule has 90 valence electrons. The van der Waals surface area contributed by atoms with Crippen molar-refractivity contribution in [1.29, 1.82) is 0 Å². The minimum atomic E-state index is -1.19. The average Bonchev–Trinajstić information content (AvgIpc) is 2.18. The Balaban J connectivity index is 0.00000256. The molecular weight excluding hydrogens is 251 g/mol. The number of hydrogen-bond acceptors (Lipinski definition) is 4. The van der Waals surface area contributed by atoms with Crippen molar-refractivity contribution < 1.29 is 44.3 Å². The number of thioether (sulfide) groups is 1. The van der Waals surface area contributed by atoms with E-state index in [-0.39, 0.29) is 34.8 Å². The van der Waals surface area contributed by atoms with Crippen LogP contribution in [-0.2, 0) is 4.79 Å². The van der Waals surface area contributed by atoms with Crippen molar-refractivity contribution in [3.05, 3.63) is 0 Å². The van der Waals surface area contributed by atoms with E-state index in [0.29, 0.717) is 6.42 Å². The molecule has 0 fully saturated rings. The Morgan fingerprint density at radius 2 is 2.06 bits per heavy atom. The summed E-state index contributed by atoms with van der Waals surface area (Å²) in [7, 11) is 0. The van der Waals surface area contributed by atoms with Crippen LogP contribution in [0.5, 0.6) is 0 Å². The van der Waals surface area contributed by atoms with Crippen LogP contribution in [-0.4, -0.2) is 28.8 Å². The van der Waals surface area contributed by atoms with E-state index in [2.05, 4.69) is 10.3 Å². The van der Waals surface area contributed by atoms with Gasteiger partial charge >= 0.3 is 35.6 Å². The third-order valence-corrected chi connectivity index (χ3v) is 4.11. The van der Waals surface area contributed by atoms with Crippen LogP contribution >= 0.6 is 11.8 Å². The maximum atomic E-state index is 11.9. The van der Waals surface area contributed by atoms with E-state index in [9.17, 15) is 14.7 Å². The van der Waals surface area contributed by atoms with Crippen molar-refractivity contribution in [3.63, 3.8) is 0 Å². The van der Waals surface area contributed by atoms with Crippen LogP contribution in [0.2, 0.25) is 0 Å². The van der Waals surface area contributed by atoms with Crippen LogP contribution in [0.15, 0.2) is 4.99 Å². The van der Waals surface area contributed by atoms with Gasteiger partial charge in [-0.05, 0) is 18.1 Å². The molecule has 7 heteroatoms. The van der Waals surface area contributed by atoms with Gasteiger partial charge in [-0.1, -0.05) is 20.8 Å². The van der Waals surface area contributed by atoms with Crippen molar-refractivity contribution in [3.8, 4) is 0 Å². The van der Waals surface area contributed by atoms with E-state index in [0.717, 1.165) is 5.75 Å². The van der Waals surface area contributed by atoms with E-state index in [4.69, 9.17) is 0 Å². The molecule has 1 aliphatic rings. The van der Waals surface area contributed by atoms with Crippen LogP contribution in [0, 0.1) is 5.41 Å². The number of nitrogens with one attached hydrogen (secondary N) is 1. The smallest absolute Gasteiger partial charge is 0.861 e. The Morgan fingerprint density at radius 1 is 1.47 bits per heavy atom. The van der Waals surface area contributed by atoms with Gasteiger partial charge in [0.15, 0.2) is 0 Å². The molecule has 0 bridgehead atoms. The van der Waals surface area contributed by atoms with Crippen molar-refractivity contribution in [1.82, 2.24) is 5.32 Å². The summed E-state index contributed by atoms with van der Waals surface area (Å²) in [5.74, 6) is -0.331. The molecule has 0 aromatic carbocycles. The van der Waals surface area contributed by atoms with Gasteiger partial charge < -0.3 is 5.11 Å². The molecule has 0 spiro atoms. The zero-order valence-corrected chi connectivity index (χ0v) is 13.4. The number of carbonyl (C=O) groups excluding carboxylic acids is 2. The van der Waals surface area contributed by atoms with Gasteiger partial charge in [-0.2, -0.15) is 11.8 Å². The molecule has 17 heavy (non-hydrogen) atoms. The summed E-state index contributed by atoms with van der Waals surface area (Å²) in [4.78, 5) is 26.1. The molecular formula is C10H15N2NaO3S. The number of rotatable bonds is 4. The monoisotopic (exact) mass is 266 g/mol. The number of aliphatic imine (C=N–C) groups is 1. The van der Waals surface area contributed by atoms with Crippen LogP contribution in [0.1, 0.15) is 27.2 Å². The molecule has 1 heterocycles. The van der Waals surface area contributed by atoms with E-state index >= 15 is 0 Å². The second-order valence-electron chi connectivity index (χ2n) is 3.60. The molecule has 5 nitrogen and oxygen atoms in total. The van der Waals surface area contributed by atoms with Crippen LogP contribution in [0.25, 0.3) is 0 Å². The minimum Gasteiger partial charge on any atom is -0.861 e. The van der Waals surface area contributed by atoms with Crippen molar-refractivity contribution in [2.75, 3.05) is 5.75 Å². The number of nitrogens with zero attached hydrogens (tertiary/aromatic N) is 1. The number of hydrogen-bond donors (Lipinski definition) is 1. The molecule has 0 aromatic heterocycles. The van der Waals surface area contributed by atoms with Crippen LogP contribution in [0.3, 0.4) is 0 Å². The van der Waals surface area contributed by atoms with E-state index < -0.39 is 23.3 Å². The first-order valence-corrected chi connectivity index (χ1v) is 6.27. The second kappa shape index (κ2) is 6.78. The van der Waals surface area contributed by atoms with Gasteiger partial charge in [-0.15, -0.1) is 0 Å². The molecule has 1 rings (SSSR count).